The van der Waals surface area contributed by atoms with Crippen LogP contribution >= 0.6 is 0 Å². The van der Waals surface area contributed by atoms with E-state index in [1.807, 2.05) is 12.1 Å². The standard InChI is InChI=1S/C21H24N2O3/c1-13-19-8-5-10-22-11-9-20(18(19)22)14-6-3-4-7-16(14)23(25)21(13,20)15(12-19)17(24)26-2/h3-8,13,15,18,25H,9-12H2,1-2H3/p+1. The minimum absolute atomic E-state index is 0.0604. The zero-order chi connectivity index (χ0) is 17.9. The number of hydrogen-bond donors (Lipinski definition) is 2. The summed E-state index contributed by atoms with van der Waals surface area (Å²) in [7, 11) is 1.48. The number of quaternary nitrogens is 1. The molecule has 1 aromatic carbocycles. The second kappa shape index (κ2) is 4.41. The van der Waals surface area contributed by atoms with Crippen molar-refractivity contribution in [1.82, 2.24) is 4.90 Å². The SMILES string of the molecule is COC(=O)C1CC23C=CCN4CCC5(c6ccccc6[NH+](O)C15C2C)C43. The third kappa shape index (κ3) is 1.19. The van der Waals surface area contributed by atoms with Crippen LogP contribution in [0.2, 0.25) is 0 Å². The number of methoxy groups -OCH3 is 1. The Morgan fingerprint density at radius 3 is 3.00 bits per heavy atom. The molecule has 5 heteroatoms. The normalized spacial score (nSPS) is 49.8. The number of hydroxylamine groups is 1. The number of rotatable bonds is 1. The van der Waals surface area contributed by atoms with E-state index < -0.39 is 5.54 Å². The van der Waals surface area contributed by atoms with Crippen LogP contribution in [0.25, 0.3) is 0 Å². The summed E-state index contributed by atoms with van der Waals surface area (Å²) in [6.45, 7) is 4.27. The highest BCUT2D eigenvalue weighted by atomic mass is 16.5. The quantitative estimate of drug-likeness (QED) is 0.586. The summed E-state index contributed by atoms with van der Waals surface area (Å²) in [6, 6.07) is 8.67. The molecule has 1 aromatic rings. The zero-order valence-corrected chi connectivity index (χ0v) is 15.2. The second-order valence-electron chi connectivity index (χ2n) is 8.90. The maximum Gasteiger partial charge on any atom is 0.315 e. The highest BCUT2D eigenvalue weighted by Crippen LogP contribution is 2.76. The van der Waals surface area contributed by atoms with Crippen molar-refractivity contribution < 1.29 is 19.8 Å². The van der Waals surface area contributed by atoms with E-state index in [1.165, 1.54) is 12.7 Å². The van der Waals surface area contributed by atoms with Crippen molar-refractivity contribution in [3.8, 4) is 0 Å². The number of carbonyl (C=O) groups excluding carboxylic acids is 1. The van der Waals surface area contributed by atoms with Gasteiger partial charge in [0, 0.05) is 35.5 Å². The largest absolute Gasteiger partial charge is 0.469 e. The van der Waals surface area contributed by atoms with Gasteiger partial charge in [0.2, 0.25) is 0 Å². The highest BCUT2D eigenvalue weighted by molar-refractivity contribution is 5.78. The first-order chi connectivity index (χ1) is 12.6. The number of ether oxygens (including phenoxy) is 1. The summed E-state index contributed by atoms with van der Waals surface area (Å²) in [5.74, 6) is -0.243. The van der Waals surface area contributed by atoms with Gasteiger partial charge in [0.05, 0.1) is 12.5 Å². The molecule has 2 bridgehead atoms. The molecule has 0 aromatic heterocycles. The Labute approximate surface area is 153 Å². The molecule has 3 fully saturated rings. The lowest BCUT2D eigenvalue weighted by molar-refractivity contribution is -1.08. The molecular formula is C21H25N2O3+. The smallest absolute Gasteiger partial charge is 0.315 e. The molecule has 5 nitrogen and oxygen atoms in total. The molecule has 0 amide bonds. The van der Waals surface area contributed by atoms with E-state index in [2.05, 4.69) is 36.1 Å². The fraction of sp³-hybridized carbons (Fsp3) is 0.571. The van der Waals surface area contributed by atoms with Crippen molar-refractivity contribution in [2.45, 2.75) is 36.8 Å². The van der Waals surface area contributed by atoms with Crippen molar-refractivity contribution in [3.63, 3.8) is 0 Å². The molecule has 2 N–H and O–H groups in total. The Kier molecular flexibility index (Phi) is 2.61. The van der Waals surface area contributed by atoms with E-state index in [-0.39, 0.29) is 28.6 Å². The third-order valence-corrected chi connectivity index (χ3v) is 8.78. The molecule has 3 spiro atoms. The maximum atomic E-state index is 12.9. The molecule has 136 valence electrons. The number of para-hydroxylation sites is 1. The number of benzene rings is 1. The summed E-state index contributed by atoms with van der Waals surface area (Å²) >= 11 is 0. The maximum absolute atomic E-state index is 12.9. The molecule has 2 saturated carbocycles. The Bertz CT molecular complexity index is 869. The molecule has 7 unspecified atom stereocenters. The van der Waals surface area contributed by atoms with Crippen LogP contribution in [0.4, 0.5) is 5.69 Å². The third-order valence-electron chi connectivity index (χ3n) is 8.78. The first-order valence-electron chi connectivity index (χ1n) is 9.71. The molecule has 6 rings (SSSR count). The van der Waals surface area contributed by atoms with Gasteiger partial charge in [0.1, 0.15) is 5.92 Å². The zero-order valence-electron chi connectivity index (χ0n) is 15.2. The van der Waals surface area contributed by atoms with Crippen LogP contribution in [0.5, 0.6) is 0 Å². The predicted molar refractivity (Wildman–Crippen MR) is 94.1 cm³/mol. The van der Waals surface area contributed by atoms with Gasteiger partial charge in [-0.05, 0) is 19.4 Å². The molecular weight excluding hydrogens is 328 g/mol. The summed E-state index contributed by atoms with van der Waals surface area (Å²) in [4.78, 5) is 15.5. The van der Waals surface area contributed by atoms with E-state index >= 15 is 0 Å². The van der Waals surface area contributed by atoms with Crippen LogP contribution in [-0.4, -0.2) is 47.9 Å². The van der Waals surface area contributed by atoms with Gasteiger partial charge in [-0.3, -0.25) is 9.69 Å². The predicted octanol–water partition coefficient (Wildman–Crippen LogP) is 1.06. The number of carbonyl (C=O) groups is 1. The molecule has 26 heavy (non-hydrogen) atoms. The average Bonchev–Trinajstić information content (AvgIpc) is 3.31. The molecule has 0 radical (unpaired) electrons. The fourth-order valence-corrected chi connectivity index (χ4v) is 8.30. The Hall–Kier alpha value is -1.69. The fourth-order valence-electron chi connectivity index (χ4n) is 8.30. The second-order valence-corrected chi connectivity index (χ2v) is 8.90. The van der Waals surface area contributed by atoms with Gasteiger partial charge < -0.3 is 4.74 Å². The van der Waals surface area contributed by atoms with Gasteiger partial charge >= 0.3 is 5.97 Å². The van der Waals surface area contributed by atoms with Gasteiger partial charge in [-0.15, -0.1) is 0 Å². The number of nitrogens with zero attached hydrogens (tertiary/aromatic N) is 1. The van der Waals surface area contributed by atoms with Crippen LogP contribution in [-0.2, 0) is 14.9 Å². The van der Waals surface area contributed by atoms with Crippen molar-refractivity contribution in [1.29, 1.82) is 0 Å². The minimum atomic E-state index is -0.544. The van der Waals surface area contributed by atoms with E-state index in [0.29, 0.717) is 11.1 Å². The summed E-state index contributed by atoms with van der Waals surface area (Å²) < 4.78 is 5.26. The van der Waals surface area contributed by atoms with Crippen LogP contribution in [0.15, 0.2) is 36.4 Å². The Morgan fingerprint density at radius 1 is 1.38 bits per heavy atom. The first kappa shape index (κ1) is 15.4. The minimum Gasteiger partial charge on any atom is -0.469 e. The summed E-state index contributed by atoms with van der Waals surface area (Å²) in [5, 5.41) is 12.1. The molecule has 3 heterocycles. The Morgan fingerprint density at radius 2 is 2.19 bits per heavy atom. The van der Waals surface area contributed by atoms with E-state index in [4.69, 9.17) is 4.74 Å². The lowest BCUT2D eigenvalue weighted by atomic mass is 9.57. The number of nitrogens with one attached hydrogen (secondary N) is 1. The van der Waals surface area contributed by atoms with Crippen LogP contribution in [0.1, 0.15) is 25.3 Å². The van der Waals surface area contributed by atoms with Gasteiger partial charge in [-0.25, -0.2) is 5.21 Å². The molecule has 3 aliphatic heterocycles. The molecule has 5 aliphatic rings. The number of esters is 1. The number of fused-ring (bicyclic) bond motifs is 1. The molecule has 2 aliphatic carbocycles. The highest BCUT2D eigenvalue weighted by Gasteiger charge is 2.91. The van der Waals surface area contributed by atoms with E-state index in [0.717, 1.165) is 31.6 Å². The summed E-state index contributed by atoms with van der Waals surface area (Å²) in [5.41, 5.74) is 1.42. The van der Waals surface area contributed by atoms with Crippen LogP contribution < -0.4 is 5.06 Å². The van der Waals surface area contributed by atoms with Gasteiger partial charge in [-0.1, -0.05) is 37.3 Å². The van der Waals surface area contributed by atoms with Gasteiger partial charge in [-0.2, -0.15) is 5.06 Å². The topological polar surface area (TPSA) is 54.2 Å². The molecule has 7 atom stereocenters. The number of hydrogen-bond acceptors (Lipinski definition) is 4. The van der Waals surface area contributed by atoms with Crippen LogP contribution in [0.3, 0.4) is 0 Å². The van der Waals surface area contributed by atoms with Crippen molar-refractivity contribution in [2.75, 3.05) is 20.2 Å². The van der Waals surface area contributed by atoms with Crippen molar-refractivity contribution in [2.24, 2.45) is 17.3 Å². The van der Waals surface area contributed by atoms with Crippen molar-refractivity contribution >= 4 is 11.7 Å². The lowest BCUT2D eigenvalue weighted by Crippen LogP contribution is -3.16. The van der Waals surface area contributed by atoms with Gasteiger partial charge in [0.25, 0.3) is 0 Å². The average molecular weight is 353 g/mol. The Balaban J connectivity index is 1.73. The summed E-state index contributed by atoms with van der Waals surface area (Å²) in [6.07, 6.45) is 6.44. The molecule has 1 saturated heterocycles. The van der Waals surface area contributed by atoms with Gasteiger partial charge in [0.15, 0.2) is 11.2 Å². The lowest BCUT2D eigenvalue weighted by Gasteiger charge is -2.49. The first-order valence-corrected chi connectivity index (χ1v) is 9.71. The van der Waals surface area contributed by atoms with E-state index in [1.54, 1.807) is 0 Å². The van der Waals surface area contributed by atoms with Crippen molar-refractivity contribution in [3.05, 3.63) is 42.0 Å². The van der Waals surface area contributed by atoms with Crippen LogP contribution in [0, 0.1) is 17.3 Å². The monoisotopic (exact) mass is 353 g/mol. The van der Waals surface area contributed by atoms with E-state index in [9.17, 15) is 10.0 Å².